The topological polar surface area (TPSA) is 65.9 Å². The van der Waals surface area contributed by atoms with Gasteiger partial charge in [-0.05, 0) is 53.9 Å². The Labute approximate surface area is 296 Å². The van der Waals surface area contributed by atoms with Gasteiger partial charge >= 0.3 is 0 Å². The summed E-state index contributed by atoms with van der Waals surface area (Å²) in [6.07, 6.45) is 1.81. The van der Waals surface area contributed by atoms with Gasteiger partial charge in [0.15, 0.2) is 11.2 Å². The van der Waals surface area contributed by atoms with Gasteiger partial charge in [0.25, 0.3) is 0 Å². The second-order valence-electron chi connectivity index (χ2n) is 12.3. The first-order valence-electron chi connectivity index (χ1n) is 16.4. The molecular formula is C37H42Cl2N6O2S. The molecule has 252 valence electrons. The van der Waals surface area contributed by atoms with E-state index in [9.17, 15) is 4.21 Å². The first-order valence-corrected chi connectivity index (χ1v) is 18.2. The molecule has 11 heteroatoms. The lowest BCUT2D eigenvalue weighted by atomic mass is 10.0. The minimum atomic E-state index is -1.22. The zero-order valence-electron chi connectivity index (χ0n) is 27.6. The molecular weight excluding hydrogens is 663 g/mol. The van der Waals surface area contributed by atoms with E-state index in [1.165, 1.54) is 16.8 Å². The molecule has 4 aromatic rings. The highest BCUT2D eigenvalue weighted by Crippen LogP contribution is 2.33. The molecule has 2 aliphatic rings. The van der Waals surface area contributed by atoms with Gasteiger partial charge in [-0.1, -0.05) is 65.4 Å². The molecule has 1 atom stereocenters. The van der Waals surface area contributed by atoms with Crippen molar-refractivity contribution in [2.24, 2.45) is 0 Å². The molecule has 48 heavy (non-hydrogen) atoms. The van der Waals surface area contributed by atoms with Gasteiger partial charge in [0.05, 0.1) is 23.9 Å². The largest absolute Gasteiger partial charge is 0.379 e. The third kappa shape index (κ3) is 8.94. The Morgan fingerprint density at radius 3 is 2.33 bits per heavy atom. The SMILES string of the molecule is CN(C)S(=O)N1CCc2c(c(-c3ccc(Cl)c(C#Cc4ccc(CNCc5ccc(Cl)cc5)cc4)c3)nn2CCCN2CCOCC2)C1. The Hall–Kier alpha value is -3.04. The van der Waals surface area contributed by atoms with Crippen molar-refractivity contribution in [3.8, 4) is 23.1 Å². The number of rotatable bonds is 11. The van der Waals surface area contributed by atoms with Gasteiger partial charge < -0.3 is 10.1 Å². The maximum atomic E-state index is 13.0. The van der Waals surface area contributed by atoms with Gasteiger partial charge in [-0.25, -0.2) is 12.8 Å². The highest BCUT2D eigenvalue weighted by atomic mass is 35.5. The first-order chi connectivity index (χ1) is 23.3. The maximum Gasteiger partial charge on any atom is 0.172 e. The van der Waals surface area contributed by atoms with Crippen LogP contribution in [0.4, 0.5) is 0 Å². The Kier molecular flexibility index (Phi) is 12.0. The highest BCUT2D eigenvalue weighted by Gasteiger charge is 2.29. The van der Waals surface area contributed by atoms with Crippen LogP contribution in [-0.4, -0.2) is 81.0 Å². The van der Waals surface area contributed by atoms with E-state index in [0.29, 0.717) is 11.6 Å². The molecule has 0 aliphatic carbocycles. The monoisotopic (exact) mass is 704 g/mol. The number of hydrogen-bond acceptors (Lipinski definition) is 5. The third-order valence-electron chi connectivity index (χ3n) is 8.69. The summed E-state index contributed by atoms with van der Waals surface area (Å²) < 4.78 is 24.5. The van der Waals surface area contributed by atoms with E-state index >= 15 is 0 Å². The van der Waals surface area contributed by atoms with E-state index in [0.717, 1.165) is 105 Å². The normalized spacial score (nSPS) is 16.0. The molecule has 1 N–H and O–H groups in total. The van der Waals surface area contributed by atoms with Crippen molar-refractivity contribution in [2.75, 3.05) is 53.5 Å². The van der Waals surface area contributed by atoms with E-state index in [1.54, 1.807) is 4.31 Å². The number of aryl methyl sites for hydroxylation is 1. The predicted octanol–water partition coefficient (Wildman–Crippen LogP) is 5.77. The smallest absolute Gasteiger partial charge is 0.172 e. The van der Waals surface area contributed by atoms with E-state index in [2.05, 4.69) is 38.9 Å². The lowest BCUT2D eigenvalue weighted by Crippen LogP contribution is -2.38. The summed E-state index contributed by atoms with van der Waals surface area (Å²) >= 11 is 11.4. The van der Waals surface area contributed by atoms with Crippen molar-refractivity contribution in [1.29, 1.82) is 0 Å². The fourth-order valence-corrected chi connectivity index (χ4v) is 7.32. The summed E-state index contributed by atoms with van der Waals surface area (Å²) in [6, 6.07) is 22.1. The maximum absolute atomic E-state index is 13.0. The van der Waals surface area contributed by atoms with Gasteiger partial charge in [-0.3, -0.25) is 9.58 Å². The standard InChI is InChI=1S/C37H42Cl2N6O2S/c1-42(2)48(46)44-19-16-36-34(27-44)37(41-45(36)18-3-17-43-20-22-47-23-21-43)32-12-15-35(39)31(24-32)11-8-28-4-6-29(7-5-28)25-40-26-30-9-13-33(38)14-10-30/h4-7,9-10,12-15,24,40H,3,16-23,25-27H2,1-2H3. The second-order valence-corrected chi connectivity index (χ2v) is 14.9. The lowest BCUT2D eigenvalue weighted by molar-refractivity contribution is 0.0368. The third-order valence-corrected chi connectivity index (χ3v) is 10.6. The molecule has 3 heterocycles. The minimum absolute atomic E-state index is 0.573. The summed E-state index contributed by atoms with van der Waals surface area (Å²) in [7, 11) is 3.69. The quantitative estimate of drug-likeness (QED) is 0.201. The molecule has 0 bridgehead atoms. The van der Waals surface area contributed by atoms with Crippen LogP contribution in [0.2, 0.25) is 10.0 Å². The zero-order chi connectivity index (χ0) is 33.5. The summed E-state index contributed by atoms with van der Waals surface area (Å²) in [6.45, 7) is 8.25. The van der Waals surface area contributed by atoms with Crippen LogP contribution in [0.5, 0.6) is 0 Å². The van der Waals surface area contributed by atoms with Crippen molar-refractivity contribution in [2.45, 2.75) is 39.0 Å². The second kappa shape index (κ2) is 16.6. The molecule has 0 saturated carbocycles. The Morgan fingerprint density at radius 2 is 1.62 bits per heavy atom. The van der Waals surface area contributed by atoms with Crippen molar-refractivity contribution in [1.82, 2.24) is 28.6 Å². The molecule has 2 aliphatic heterocycles. The van der Waals surface area contributed by atoms with E-state index < -0.39 is 11.2 Å². The van der Waals surface area contributed by atoms with Crippen LogP contribution in [0, 0.1) is 11.8 Å². The molecule has 0 amide bonds. The Balaban J connectivity index is 1.18. The predicted molar refractivity (Wildman–Crippen MR) is 195 cm³/mol. The molecule has 0 radical (unpaired) electrons. The van der Waals surface area contributed by atoms with E-state index in [1.807, 2.05) is 73.0 Å². The van der Waals surface area contributed by atoms with Crippen molar-refractivity contribution in [3.63, 3.8) is 0 Å². The van der Waals surface area contributed by atoms with Gasteiger partial charge in [-0.15, -0.1) is 0 Å². The zero-order valence-corrected chi connectivity index (χ0v) is 29.9. The number of nitrogens with one attached hydrogen (secondary N) is 1. The van der Waals surface area contributed by atoms with Crippen LogP contribution in [-0.2, 0) is 48.5 Å². The average molecular weight is 706 g/mol. The fourth-order valence-electron chi connectivity index (χ4n) is 6.08. The van der Waals surface area contributed by atoms with Crippen LogP contribution in [0.1, 0.15) is 39.9 Å². The van der Waals surface area contributed by atoms with Gasteiger partial charge in [0.1, 0.15) is 0 Å². The van der Waals surface area contributed by atoms with Crippen molar-refractivity contribution >= 4 is 34.4 Å². The molecule has 1 saturated heterocycles. The number of ether oxygens (including phenoxy) is 1. The van der Waals surface area contributed by atoms with Gasteiger partial charge in [0, 0.05) is 106 Å². The van der Waals surface area contributed by atoms with Gasteiger partial charge in [0.2, 0.25) is 0 Å². The Bertz CT molecular complexity index is 1780. The summed E-state index contributed by atoms with van der Waals surface area (Å²) in [4.78, 5) is 2.46. The lowest BCUT2D eigenvalue weighted by Gasteiger charge is -2.29. The van der Waals surface area contributed by atoms with Crippen LogP contribution in [0.3, 0.4) is 0 Å². The molecule has 6 rings (SSSR count). The summed E-state index contributed by atoms with van der Waals surface area (Å²) in [5, 5.41) is 9.98. The van der Waals surface area contributed by atoms with E-state index in [-0.39, 0.29) is 0 Å². The molecule has 3 aromatic carbocycles. The molecule has 1 aromatic heterocycles. The summed E-state index contributed by atoms with van der Waals surface area (Å²) in [5.41, 5.74) is 8.28. The number of morpholine rings is 1. The number of aromatic nitrogens is 2. The first kappa shape index (κ1) is 34.8. The molecule has 1 fully saturated rings. The highest BCUT2D eigenvalue weighted by molar-refractivity contribution is 7.80. The number of hydrogen-bond donors (Lipinski definition) is 1. The van der Waals surface area contributed by atoms with Crippen LogP contribution >= 0.6 is 23.2 Å². The van der Waals surface area contributed by atoms with E-state index in [4.69, 9.17) is 33.0 Å². The van der Waals surface area contributed by atoms with Crippen molar-refractivity contribution in [3.05, 3.63) is 110 Å². The molecule has 8 nitrogen and oxygen atoms in total. The fraction of sp³-hybridized carbons (Fsp3) is 0.378. The van der Waals surface area contributed by atoms with Crippen LogP contribution < -0.4 is 5.32 Å². The van der Waals surface area contributed by atoms with Crippen LogP contribution in [0.25, 0.3) is 11.3 Å². The molecule has 1 unspecified atom stereocenters. The number of halogens is 2. The van der Waals surface area contributed by atoms with Gasteiger partial charge in [-0.2, -0.15) is 5.10 Å². The average Bonchev–Trinajstić information content (AvgIpc) is 3.47. The number of benzene rings is 3. The van der Waals surface area contributed by atoms with Crippen LogP contribution in [0.15, 0.2) is 66.7 Å². The summed E-state index contributed by atoms with van der Waals surface area (Å²) in [5.74, 6) is 6.60. The number of fused-ring (bicyclic) bond motifs is 1. The Morgan fingerprint density at radius 1 is 0.917 bits per heavy atom. The minimum Gasteiger partial charge on any atom is -0.379 e. The van der Waals surface area contributed by atoms with Crippen molar-refractivity contribution < 1.29 is 8.95 Å². The molecule has 0 spiro atoms. The number of nitrogens with zero attached hydrogens (tertiary/aromatic N) is 5.